The van der Waals surface area contributed by atoms with Crippen LogP contribution in [0.2, 0.25) is 0 Å². The van der Waals surface area contributed by atoms with E-state index in [9.17, 15) is 0 Å². The van der Waals surface area contributed by atoms with Crippen LogP contribution in [0.3, 0.4) is 0 Å². The minimum Gasteiger partial charge on any atom is -0.356 e. The normalized spacial score (nSPS) is 14.8. The van der Waals surface area contributed by atoms with Gasteiger partial charge in [0.25, 0.3) is 0 Å². The number of hydrogen-bond donors (Lipinski definition) is 0. The summed E-state index contributed by atoms with van der Waals surface area (Å²) in [5.74, 6) is 0.693. The number of rotatable bonds is 19. The molecule has 0 radical (unpaired) electrons. The molecule has 0 fully saturated rings. The molecule has 1 aliphatic rings. The Morgan fingerprint density at radius 3 is 1.18 bits per heavy atom. The van der Waals surface area contributed by atoms with E-state index >= 15 is 0 Å². The van der Waals surface area contributed by atoms with E-state index in [4.69, 9.17) is 0 Å². The zero-order valence-electron chi connectivity index (χ0n) is 19.9. The molecule has 0 unspecified atom stereocenters. The monoisotopic (exact) mass is 392 g/mol. The maximum absolute atomic E-state index is 2.62. The Labute approximate surface area is 178 Å². The van der Waals surface area contributed by atoms with Crippen LogP contribution in [0.5, 0.6) is 0 Å². The maximum Gasteiger partial charge on any atom is 0.103 e. The molecule has 2 heteroatoms. The van der Waals surface area contributed by atoms with Crippen molar-refractivity contribution in [3.05, 3.63) is 12.4 Å². The van der Waals surface area contributed by atoms with Gasteiger partial charge in [0.1, 0.15) is 6.17 Å². The summed E-state index contributed by atoms with van der Waals surface area (Å²) in [4.78, 5) is 5.24. The molecule has 0 amide bonds. The molecule has 1 aliphatic heterocycles. The Kier molecular flexibility index (Phi) is 15.6. The Balaban J connectivity index is 2.13. The minimum absolute atomic E-state index is 0.592. The fourth-order valence-electron chi connectivity index (χ4n) is 4.57. The van der Waals surface area contributed by atoms with Gasteiger partial charge in [0.2, 0.25) is 0 Å². The summed E-state index contributed by atoms with van der Waals surface area (Å²) in [6.45, 7) is 11.8. The van der Waals surface area contributed by atoms with Crippen LogP contribution in [0.1, 0.15) is 130 Å². The van der Waals surface area contributed by atoms with Crippen LogP contribution >= 0.6 is 0 Å². The lowest BCUT2D eigenvalue weighted by molar-refractivity contribution is 0.104. The molecule has 0 aliphatic carbocycles. The molecule has 2 nitrogen and oxygen atoms in total. The van der Waals surface area contributed by atoms with Crippen molar-refractivity contribution in [1.82, 2.24) is 9.80 Å². The molecule has 0 atom stereocenters. The summed E-state index contributed by atoms with van der Waals surface area (Å²) in [5.41, 5.74) is 0. The summed E-state index contributed by atoms with van der Waals surface area (Å²) < 4.78 is 0. The molecular formula is C26H52N2. The third-order valence-corrected chi connectivity index (χ3v) is 6.27. The molecule has 0 saturated carbocycles. The second-order valence-electron chi connectivity index (χ2n) is 9.38. The van der Waals surface area contributed by atoms with Gasteiger partial charge in [0, 0.05) is 25.5 Å². The Bertz CT molecular complexity index is 333. The third kappa shape index (κ3) is 11.4. The standard InChI is InChI=1S/C26H52N2/c1-5-7-9-11-13-15-17-19-21-27-23-24-28(26(27)25(3)4)22-20-18-16-14-12-10-8-6-2/h23-26H,5-22H2,1-4H3. The van der Waals surface area contributed by atoms with Crippen LogP contribution in [0.4, 0.5) is 0 Å². The molecule has 0 aromatic carbocycles. The highest BCUT2D eigenvalue weighted by Crippen LogP contribution is 2.24. The largest absolute Gasteiger partial charge is 0.356 e. The van der Waals surface area contributed by atoms with E-state index in [1.54, 1.807) is 0 Å². The third-order valence-electron chi connectivity index (χ3n) is 6.27. The van der Waals surface area contributed by atoms with E-state index in [0.29, 0.717) is 12.1 Å². The van der Waals surface area contributed by atoms with Gasteiger partial charge in [-0.15, -0.1) is 0 Å². The van der Waals surface area contributed by atoms with E-state index in [0.717, 1.165) is 0 Å². The average molecular weight is 393 g/mol. The van der Waals surface area contributed by atoms with Gasteiger partial charge in [0.05, 0.1) is 0 Å². The molecule has 28 heavy (non-hydrogen) atoms. The van der Waals surface area contributed by atoms with E-state index in [1.807, 2.05) is 0 Å². The molecular weight excluding hydrogens is 340 g/mol. The van der Waals surface area contributed by atoms with Gasteiger partial charge in [-0.05, 0) is 18.8 Å². The highest BCUT2D eigenvalue weighted by atomic mass is 15.4. The molecule has 1 rings (SSSR count). The van der Waals surface area contributed by atoms with Crippen molar-refractivity contribution < 1.29 is 0 Å². The van der Waals surface area contributed by atoms with Gasteiger partial charge in [-0.25, -0.2) is 0 Å². The van der Waals surface area contributed by atoms with Crippen molar-refractivity contribution in [2.75, 3.05) is 13.1 Å². The quantitative estimate of drug-likeness (QED) is 0.204. The Morgan fingerprint density at radius 2 is 0.857 bits per heavy atom. The van der Waals surface area contributed by atoms with Crippen LogP contribution in [0.15, 0.2) is 12.4 Å². The summed E-state index contributed by atoms with van der Waals surface area (Å²) >= 11 is 0. The fraction of sp³-hybridized carbons (Fsp3) is 0.923. The van der Waals surface area contributed by atoms with Crippen LogP contribution in [0, 0.1) is 5.92 Å². The summed E-state index contributed by atoms with van der Waals surface area (Å²) in [5, 5.41) is 0. The predicted molar refractivity (Wildman–Crippen MR) is 126 cm³/mol. The first kappa shape index (κ1) is 25.4. The Hall–Kier alpha value is -0.660. The molecule has 0 spiro atoms. The van der Waals surface area contributed by atoms with Gasteiger partial charge < -0.3 is 9.80 Å². The smallest absolute Gasteiger partial charge is 0.103 e. The first-order valence-corrected chi connectivity index (χ1v) is 12.9. The lowest BCUT2D eigenvalue weighted by Crippen LogP contribution is -2.43. The highest BCUT2D eigenvalue weighted by Gasteiger charge is 2.28. The van der Waals surface area contributed by atoms with E-state index in [1.165, 1.54) is 116 Å². The van der Waals surface area contributed by atoms with Crippen LogP contribution in [-0.2, 0) is 0 Å². The van der Waals surface area contributed by atoms with Gasteiger partial charge in [-0.1, -0.05) is 118 Å². The van der Waals surface area contributed by atoms with Crippen LogP contribution in [-0.4, -0.2) is 29.1 Å². The van der Waals surface area contributed by atoms with Gasteiger partial charge in [-0.2, -0.15) is 0 Å². The fourth-order valence-corrected chi connectivity index (χ4v) is 4.57. The zero-order chi connectivity index (χ0) is 20.5. The minimum atomic E-state index is 0.592. The van der Waals surface area contributed by atoms with Crippen molar-refractivity contribution >= 4 is 0 Å². The molecule has 0 aromatic heterocycles. The second-order valence-corrected chi connectivity index (χ2v) is 9.38. The molecule has 0 N–H and O–H groups in total. The van der Waals surface area contributed by atoms with Crippen LogP contribution < -0.4 is 0 Å². The second kappa shape index (κ2) is 17.2. The van der Waals surface area contributed by atoms with Crippen molar-refractivity contribution in [2.45, 2.75) is 137 Å². The first-order valence-electron chi connectivity index (χ1n) is 12.9. The van der Waals surface area contributed by atoms with E-state index < -0.39 is 0 Å². The van der Waals surface area contributed by atoms with Crippen molar-refractivity contribution in [3.63, 3.8) is 0 Å². The molecule has 1 heterocycles. The van der Waals surface area contributed by atoms with E-state index in [-0.39, 0.29) is 0 Å². The van der Waals surface area contributed by atoms with E-state index in [2.05, 4.69) is 49.9 Å². The Morgan fingerprint density at radius 1 is 0.536 bits per heavy atom. The SMILES string of the molecule is CCCCCCCCCCN1C=CN(CCCCCCCCCC)C1C(C)C. The van der Waals surface area contributed by atoms with Gasteiger partial charge >= 0.3 is 0 Å². The molecule has 166 valence electrons. The topological polar surface area (TPSA) is 6.48 Å². The number of unbranched alkanes of at least 4 members (excludes halogenated alkanes) is 14. The highest BCUT2D eigenvalue weighted by molar-refractivity contribution is 4.98. The summed E-state index contributed by atoms with van der Waals surface area (Å²) in [6.07, 6.45) is 27.9. The number of nitrogens with zero attached hydrogens (tertiary/aromatic N) is 2. The van der Waals surface area contributed by atoms with Crippen LogP contribution in [0.25, 0.3) is 0 Å². The number of hydrogen-bond acceptors (Lipinski definition) is 2. The molecule has 0 aromatic rings. The van der Waals surface area contributed by atoms with Crippen molar-refractivity contribution in [1.29, 1.82) is 0 Å². The molecule has 0 saturated heterocycles. The van der Waals surface area contributed by atoms with Crippen molar-refractivity contribution in [3.8, 4) is 0 Å². The predicted octanol–water partition coefficient (Wildman–Crippen LogP) is 8.34. The lowest BCUT2D eigenvalue weighted by Gasteiger charge is -2.36. The first-order chi connectivity index (χ1) is 13.7. The summed E-state index contributed by atoms with van der Waals surface area (Å²) in [7, 11) is 0. The van der Waals surface area contributed by atoms with Gasteiger partial charge in [-0.3, -0.25) is 0 Å². The lowest BCUT2D eigenvalue weighted by atomic mass is 10.1. The summed E-state index contributed by atoms with van der Waals surface area (Å²) in [6, 6.07) is 0. The zero-order valence-corrected chi connectivity index (χ0v) is 19.9. The maximum atomic E-state index is 2.62. The van der Waals surface area contributed by atoms with Gasteiger partial charge in [0.15, 0.2) is 0 Å². The molecule has 0 bridgehead atoms. The van der Waals surface area contributed by atoms with Crippen molar-refractivity contribution in [2.24, 2.45) is 5.92 Å². The average Bonchev–Trinajstić information content (AvgIpc) is 3.09.